The molecule has 0 aromatic carbocycles. The molecule has 0 spiro atoms. The Morgan fingerprint density at radius 2 is 1.33 bits per heavy atom. The molecule has 0 bridgehead atoms. The van der Waals surface area contributed by atoms with Crippen molar-refractivity contribution in [2.24, 2.45) is 0 Å². The molecule has 2 nitrogen and oxygen atoms in total. The number of hydrogen-bond donors (Lipinski definition) is 0. The summed E-state index contributed by atoms with van der Waals surface area (Å²) < 4.78 is 13.5. The van der Waals surface area contributed by atoms with Crippen molar-refractivity contribution < 1.29 is 8.85 Å². The van der Waals surface area contributed by atoms with Crippen LogP contribution < -0.4 is 0 Å². The number of halogens is 1. The Bertz CT molecular complexity index is 485. The van der Waals surface area contributed by atoms with Gasteiger partial charge in [-0.05, 0) is 76.1 Å². The van der Waals surface area contributed by atoms with Crippen LogP contribution in [0.2, 0.25) is 39.3 Å². The maximum absolute atomic E-state index is 6.60. The zero-order chi connectivity index (χ0) is 18.5. The van der Waals surface area contributed by atoms with Gasteiger partial charge in [0, 0.05) is 0 Å². The SMILES string of the molecule is CCCCC1=C(CCCC)C(I)C(O[Si](C)(C)C)=C1O[Si](C)(C)C. The molecule has 1 aliphatic rings. The molecule has 0 radical (unpaired) electrons. The van der Waals surface area contributed by atoms with Crippen LogP contribution in [-0.4, -0.2) is 20.6 Å². The van der Waals surface area contributed by atoms with Crippen molar-refractivity contribution in [3.8, 4) is 0 Å². The molecule has 0 aromatic rings. The normalized spacial score (nSPS) is 19.3. The monoisotopic (exact) mass is 480 g/mol. The zero-order valence-corrected chi connectivity index (χ0v) is 21.2. The molecule has 0 aromatic heterocycles. The largest absolute Gasteiger partial charge is 0.544 e. The molecule has 0 fully saturated rings. The molecule has 1 rings (SSSR count). The predicted molar refractivity (Wildman–Crippen MR) is 120 cm³/mol. The first-order chi connectivity index (χ1) is 11.0. The van der Waals surface area contributed by atoms with Crippen molar-refractivity contribution in [3.05, 3.63) is 22.7 Å². The Morgan fingerprint density at radius 3 is 1.79 bits per heavy atom. The Kier molecular flexibility index (Phi) is 8.60. The first-order valence-corrected chi connectivity index (χ1v) is 17.5. The van der Waals surface area contributed by atoms with Crippen LogP contribution in [0.3, 0.4) is 0 Å². The zero-order valence-electron chi connectivity index (χ0n) is 17.0. The first kappa shape index (κ1) is 22.3. The smallest absolute Gasteiger partial charge is 0.242 e. The minimum atomic E-state index is -1.67. The molecule has 5 heteroatoms. The quantitative estimate of drug-likeness (QED) is 0.184. The van der Waals surface area contributed by atoms with Crippen LogP contribution in [0.5, 0.6) is 0 Å². The van der Waals surface area contributed by atoms with Crippen molar-refractivity contribution >= 4 is 39.2 Å². The van der Waals surface area contributed by atoms with E-state index in [2.05, 4.69) is 75.7 Å². The van der Waals surface area contributed by atoms with Gasteiger partial charge in [0.15, 0.2) is 0 Å². The standard InChI is InChI=1S/C19H37IO2Si2/c1-9-11-13-15-16(14-12-10-2)18(21-23(3,4)5)19(17(15)20)22-24(6,7)8/h17H,9-14H2,1-8H3. The van der Waals surface area contributed by atoms with Crippen LogP contribution in [0.1, 0.15) is 52.4 Å². The second-order valence-corrected chi connectivity index (χ2v) is 18.8. The summed E-state index contributed by atoms with van der Waals surface area (Å²) >= 11 is 2.59. The molecule has 1 unspecified atom stereocenters. The van der Waals surface area contributed by atoms with Gasteiger partial charge in [0.2, 0.25) is 16.6 Å². The minimum absolute atomic E-state index is 0.360. The van der Waals surface area contributed by atoms with E-state index in [1.165, 1.54) is 37.7 Å². The summed E-state index contributed by atoms with van der Waals surface area (Å²) in [5.41, 5.74) is 3.05. The lowest BCUT2D eigenvalue weighted by atomic mass is 10.00. The van der Waals surface area contributed by atoms with Gasteiger partial charge >= 0.3 is 0 Å². The Morgan fingerprint density at radius 1 is 0.833 bits per heavy atom. The third-order valence-electron chi connectivity index (χ3n) is 3.83. The van der Waals surface area contributed by atoms with E-state index in [9.17, 15) is 0 Å². The van der Waals surface area contributed by atoms with E-state index >= 15 is 0 Å². The minimum Gasteiger partial charge on any atom is -0.544 e. The fourth-order valence-corrected chi connectivity index (χ4v) is 5.88. The van der Waals surface area contributed by atoms with E-state index in [1.54, 1.807) is 5.57 Å². The maximum atomic E-state index is 6.60. The van der Waals surface area contributed by atoms with Crippen molar-refractivity contribution in [2.45, 2.75) is 95.6 Å². The van der Waals surface area contributed by atoms with Gasteiger partial charge in [0.1, 0.15) is 11.5 Å². The lowest BCUT2D eigenvalue weighted by Crippen LogP contribution is -2.30. The van der Waals surface area contributed by atoms with Crippen molar-refractivity contribution in [3.63, 3.8) is 0 Å². The average Bonchev–Trinajstić information content (AvgIpc) is 2.64. The van der Waals surface area contributed by atoms with E-state index in [1.807, 2.05) is 0 Å². The molecule has 0 aliphatic heterocycles. The van der Waals surface area contributed by atoms with Crippen molar-refractivity contribution in [1.29, 1.82) is 0 Å². The molecular weight excluding hydrogens is 443 g/mol. The molecule has 1 atom stereocenters. The Labute approximate surface area is 165 Å². The van der Waals surface area contributed by atoms with Crippen molar-refractivity contribution in [1.82, 2.24) is 0 Å². The van der Waals surface area contributed by atoms with E-state index < -0.39 is 16.6 Å². The highest BCUT2D eigenvalue weighted by Crippen LogP contribution is 2.44. The number of alkyl halides is 1. The van der Waals surface area contributed by atoms with E-state index in [-0.39, 0.29) is 0 Å². The lowest BCUT2D eigenvalue weighted by Gasteiger charge is -2.27. The van der Waals surface area contributed by atoms with Gasteiger partial charge in [0.25, 0.3) is 0 Å². The second-order valence-electron chi connectivity index (χ2n) is 8.70. The van der Waals surface area contributed by atoms with Crippen LogP contribution in [0.25, 0.3) is 0 Å². The van der Waals surface area contributed by atoms with Crippen LogP contribution in [0.15, 0.2) is 22.7 Å². The van der Waals surface area contributed by atoms with Crippen molar-refractivity contribution in [2.75, 3.05) is 0 Å². The van der Waals surface area contributed by atoms with Crippen LogP contribution in [-0.2, 0) is 8.85 Å². The molecule has 0 saturated carbocycles. The van der Waals surface area contributed by atoms with Crippen LogP contribution >= 0.6 is 22.6 Å². The highest BCUT2D eigenvalue weighted by Gasteiger charge is 2.38. The summed E-state index contributed by atoms with van der Waals surface area (Å²) in [5, 5.41) is 0. The molecule has 24 heavy (non-hydrogen) atoms. The van der Waals surface area contributed by atoms with Crippen LogP contribution in [0.4, 0.5) is 0 Å². The second kappa shape index (κ2) is 9.26. The molecule has 0 N–H and O–H groups in total. The topological polar surface area (TPSA) is 18.5 Å². The molecule has 0 heterocycles. The summed E-state index contributed by atoms with van der Waals surface area (Å²) in [6.45, 7) is 18.2. The Hall–Kier alpha value is 0.244. The van der Waals surface area contributed by atoms with E-state index in [0.717, 1.165) is 17.9 Å². The molecular formula is C19H37IO2Si2. The number of allylic oxidation sites excluding steroid dienone is 2. The predicted octanol–water partition coefficient (Wildman–Crippen LogP) is 7.40. The highest BCUT2D eigenvalue weighted by molar-refractivity contribution is 14.1. The molecule has 140 valence electrons. The van der Waals surface area contributed by atoms with E-state index in [4.69, 9.17) is 8.85 Å². The number of rotatable bonds is 10. The highest BCUT2D eigenvalue weighted by atomic mass is 127. The molecule has 0 saturated heterocycles. The fraction of sp³-hybridized carbons (Fsp3) is 0.789. The van der Waals surface area contributed by atoms with Crippen LogP contribution in [0, 0.1) is 0 Å². The van der Waals surface area contributed by atoms with Gasteiger partial charge in [-0.15, -0.1) is 0 Å². The van der Waals surface area contributed by atoms with Gasteiger partial charge in [0.05, 0.1) is 3.92 Å². The van der Waals surface area contributed by atoms with Gasteiger partial charge in [-0.3, -0.25) is 0 Å². The maximum Gasteiger partial charge on any atom is 0.242 e. The summed E-state index contributed by atoms with van der Waals surface area (Å²) in [6, 6.07) is 0. The van der Waals surface area contributed by atoms with E-state index in [0.29, 0.717) is 3.92 Å². The van der Waals surface area contributed by atoms with Gasteiger partial charge in [-0.2, -0.15) is 0 Å². The summed E-state index contributed by atoms with van der Waals surface area (Å²) in [5.74, 6) is 2.25. The first-order valence-electron chi connectivity index (χ1n) is 9.48. The lowest BCUT2D eigenvalue weighted by molar-refractivity contribution is 0.351. The number of unbranched alkanes of at least 4 members (excludes halogenated alkanes) is 2. The summed E-state index contributed by atoms with van der Waals surface area (Å²) in [6.07, 6.45) is 7.26. The molecule has 1 aliphatic carbocycles. The van der Waals surface area contributed by atoms with Gasteiger partial charge in [-0.25, -0.2) is 0 Å². The van der Waals surface area contributed by atoms with Gasteiger partial charge < -0.3 is 8.85 Å². The Balaban J connectivity index is 3.29. The summed E-state index contributed by atoms with van der Waals surface area (Å²) in [4.78, 5) is 0. The number of hydrogen-bond acceptors (Lipinski definition) is 2. The third-order valence-corrected chi connectivity index (χ3v) is 6.79. The van der Waals surface area contributed by atoms with Gasteiger partial charge in [-0.1, -0.05) is 49.3 Å². The molecule has 0 amide bonds. The average molecular weight is 481 g/mol. The summed E-state index contributed by atoms with van der Waals surface area (Å²) in [7, 11) is -3.33. The third kappa shape index (κ3) is 6.86. The fourth-order valence-electron chi connectivity index (χ4n) is 2.84.